The molecule has 0 fully saturated rings. The van der Waals surface area contributed by atoms with Crippen LogP contribution < -0.4 is 0 Å². The van der Waals surface area contributed by atoms with Crippen molar-refractivity contribution in [3.63, 3.8) is 0 Å². The Labute approximate surface area is 220 Å². The highest BCUT2D eigenvalue weighted by molar-refractivity contribution is 5.89. The number of ether oxygens (including phenoxy) is 2. The molecule has 0 heterocycles. The van der Waals surface area contributed by atoms with Gasteiger partial charge in [0.25, 0.3) is 0 Å². The molecule has 36 heavy (non-hydrogen) atoms. The maximum absolute atomic E-state index is 12.9. The smallest absolute Gasteiger partial charge is 0.338 e. The zero-order valence-electron chi connectivity index (χ0n) is 23.2. The maximum Gasteiger partial charge on any atom is 0.338 e. The third-order valence-corrected chi connectivity index (χ3v) is 6.82. The van der Waals surface area contributed by atoms with E-state index in [9.17, 15) is 14.7 Å². The summed E-state index contributed by atoms with van der Waals surface area (Å²) in [5.74, 6) is -1.36. The number of esters is 2. The molecule has 1 N–H and O–H groups in total. The number of unbranched alkanes of at least 4 members (excludes halogenated alkanes) is 11. The van der Waals surface area contributed by atoms with E-state index < -0.39 is 24.1 Å². The third kappa shape index (κ3) is 14.6. The van der Waals surface area contributed by atoms with E-state index >= 15 is 0 Å². The Hall–Kier alpha value is -1.88. The fourth-order valence-electron chi connectivity index (χ4n) is 4.65. The van der Waals surface area contributed by atoms with Gasteiger partial charge in [-0.1, -0.05) is 116 Å². The van der Waals surface area contributed by atoms with Gasteiger partial charge in [-0.2, -0.15) is 0 Å². The average molecular weight is 505 g/mol. The summed E-state index contributed by atoms with van der Waals surface area (Å²) in [6.07, 6.45) is 15.3. The van der Waals surface area contributed by atoms with E-state index in [0.29, 0.717) is 18.4 Å². The van der Waals surface area contributed by atoms with Crippen molar-refractivity contribution in [2.75, 3.05) is 6.61 Å². The van der Waals surface area contributed by atoms with Crippen molar-refractivity contribution in [1.82, 2.24) is 0 Å². The number of aliphatic hydroxyl groups is 1. The minimum absolute atomic E-state index is 0.257. The number of carbonyl (C=O) groups is 2. The van der Waals surface area contributed by atoms with Crippen LogP contribution in [0, 0.1) is 5.92 Å². The standard InChI is InChI=1S/C31H52O5/c1-4-7-9-11-12-13-14-15-19-23-27(32)25-29(36-30(33)26-21-17-16-18-22-26)28(31(34)35-6-3)24-20-10-8-5-2/h16-18,21-22,27-29,32H,4-15,19-20,23-25H2,1-3H3/t27-,28+,29+/m1/s1. The predicted molar refractivity (Wildman–Crippen MR) is 147 cm³/mol. The Morgan fingerprint density at radius 2 is 1.28 bits per heavy atom. The molecule has 0 aliphatic heterocycles. The summed E-state index contributed by atoms with van der Waals surface area (Å²) in [5.41, 5.74) is 0.449. The zero-order chi connectivity index (χ0) is 26.4. The van der Waals surface area contributed by atoms with E-state index in [0.717, 1.165) is 38.5 Å². The molecule has 0 radical (unpaired) electrons. The molecule has 5 heteroatoms. The first-order valence-corrected chi connectivity index (χ1v) is 14.6. The van der Waals surface area contributed by atoms with Crippen LogP contribution in [0.4, 0.5) is 0 Å². The fraction of sp³-hybridized carbons (Fsp3) is 0.742. The van der Waals surface area contributed by atoms with Gasteiger partial charge >= 0.3 is 11.9 Å². The summed E-state index contributed by atoms with van der Waals surface area (Å²) in [4.78, 5) is 25.7. The van der Waals surface area contributed by atoms with Crippen LogP contribution in [0.1, 0.15) is 134 Å². The lowest BCUT2D eigenvalue weighted by Gasteiger charge is -2.27. The van der Waals surface area contributed by atoms with Gasteiger partial charge in [-0.15, -0.1) is 0 Å². The summed E-state index contributed by atoms with van der Waals surface area (Å²) in [6, 6.07) is 8.84. The number of aliphatic hydroxyl groups excluding tert-OH is 1. The summed E-state index contributed by atoms with van der Waals surface area (Å²) in [5, 5.41) is 10.8. The summed E-state index contributed by atoms with van der Waals surface area (Å²) in [7, 11) is 0. The van der Waals surface area contributed by atoms with Crippen LogP contribution >= 0.6 is 0 Å². The average Bonchev–Trinajstić information content (AvgIpc) is 2.88. The molecule has 0 saturated heterocycles. The molecule has 0 saturated carbocycles. The maximum atomic E-state index is 12.9. The molecule has 0 aliphatic carbocycles. The zero-order valence-corrected chi connectivity index (χ0v) is 23.2. The van der Waals surface area contributed by atoms with Crippen LogP contribution in [0.25, 0.3) is 0 Å². The number of benzene rings is 1. The minimum Gasteiger partial charge on any atom is -0.466 e. The highest BCUT2D eigenvalue weighted by atomic mass is 16.6. The van der Waals surface area contributed by atoms with Crippen molar-refractivity contribution in [2.24, 2.45) is 5.92 Å². The first kappa shape index (κ1) is 32.1. The quantitative estimate of drug-likeness (QED) is 0.128. The molecular weight excluding hydrogens is 452 g/mol. The topological polar surface area (TPSA) is 72.8 Å². The molecule has 1 aromatic carbocycles. The van der Waals surface area contributed by atoms with E-state index in [4.69, 9.17) is 9.47 Å². The van der Waals surface area contributed by atoms with Crippen LogP contribution in [-0.2, 0) is 14.3 Å². The van der Waals surface area contributed by atoms with Crippen LogP contribution in [0.15, 0.2) is 30.3 Å². The second-order valence-corrected chi connectivity index (χ2v) is 10.0. The normalized spacial score (nSPS) is 13.7. The van der Waals surface area contributed by atoms with Crippen molar-refractivity contribution in [3.8, 4) is 0 Å². The Morgan fingerprint density at radius 3 is 1.86 bits per heavy atom. The first-order valence-electron chi connectivity index (χ1n) is 14.6. The molecule has 0 bridgehead atoms. The Morgan fingerprint density at radius 1 is 0.750 bits per heavy atom. The van der Waals surface area contributed by atoms with E-state index in [2.05, 4.69) is 13.8 Å². The monoisotopic (exact) mass is 504 g/mol. The summed E-state index contributed by atoms with van der Waals surface area (Å²) in [6.45, 7) is 6.45. The fourth-order valence-corrected chi connectivity index (χ4v) is 4.65. The molecule has 3 atom stereocenters. The molecule has 0 spiro atoms. The molecule has 0 amide bonds. The van der Waals surface area contributed by atoms with Crippen LogP contribution in [-0.4, -0.2) is 35.9 Å². The Balaban J connectivity index is 2.71. The van der Waals surface area contributed by atoms with Gasteiger partial charge in [0.1, 0.15) is 6.10 Å². The van der Waals surface area contributed by atoms with Crippen molar-refractivity contribution in [1.29, 1.82) is 0 Å². The number of rotatable bonds is 22. The van der Waals surface area contributed by atoms with E-state index in [-0.39, 0.29) is 19.0 Å². The number of hydrogen-bond acceptors (Lipinski definition) is 5. The molecule has 0 aromatic heterocycles. The van der Waals surface area contributed by atoms with E-state index in [1.165, 1.54) is 44.9 Å². The highest BCUT2D eigenvalue weighted by Crippen LogP contribution is 2.25. The van der Waals surface area contributed by atoms with Crippen molar-refractivity contribution in [2.45, 2.75) is 136 Å². The molecule has 1 aromatic rings. The lowest BCUT2D eigenvalue weighted by atomic mass is 9.90. The lowest BCUT2D eigenvalue weighted by molar-refractivity contribution is -0.153. The summed E-state index contributed by atoms with van der Waals surface area (Å²) < 4.78 is 11.2. The molecule has 0 aliphatic rings. The second kappa shape index (κ2) is 21.2. The SMILES string of the molecule is CCCCCCCCCCC[C@@H](O)C[C@H](OC(=O)c1ccccc1)[C@H](CCCCCC)C(=O)OCC. The Bertz CT molecular complexity index is 675. The second-order valence-electron chi connectivity index (χ2n) is 10.0. The molecule has 1 rings (SSSR count). The van der Waals surface area contributed by atoms with Crippen molar-refractivity contribution >= 4 is 11.9 Å². The molecule has 5 nitrogen and oxygen atoms in total. The third-order valence-electron chi connectivity index (χ3n) is 6.82. The van der Waals surface area contributed by atoms with Gasteiger partial charge in [-0.25, -0.2) is 4.79 Å². The minimum atomic E-state index is -0.702. The van der Waals surface area contributed by atoms with Gasteiger partial charge < -0.3 is 14.6 Å². The van der Waals surface area contributed by atoms with E-state index in [1.807, 2.05) is 6.07 Å². The molecular formula is C31H52O5. The molecule has 0 unspecified atom stereocenters. The van der Waals surface area contributed by atoms with Gasteiger partial charge in [0, 0.05) is 6.42 Å². The van der Waals surface area contributed by atoms with Gasteiger partial charge in [-0.05, 0) is 31.9 Å². The van der Waals surface area contributed by atoms with E-state index in [1.54, 1.807) is 31.2 Å². The summed E-state index contributed by atoms with van der Waals surface area (Å²) >= 11 is 0. The van der Waals surface area contributed by atoms with Crippen molar-refractivity contribution in [3.05, 3.63) is 35.9 Å². The van der Waals surface area contributed by atoms with Gasteiger partial charge in [-0.3, -0.25) is 4.79 Å². The molecule has 206 valence electrons. The first-order chi connectivity index (χ1) is 17.5. The highest BCUT2D eigenvalue weighted by Gasteiger charge is 2.34. The van der Waals surface area contributed by atoms with Crippen LogP contribution in [0.5, 0.6) is 0 Å². The van der Waals surface area contributed by atoms with Crippen molar-refractivity contribution < 1.29 is 24.2 Å². The largest absolute Gasteiger partial charge is 0.466 e. The number of hydrogen-bond donors (Lipinski definition) is 1. The Kier molecular flexibility index (Phi) is 19.0. The van der Waals surface area contributed by atoms with Gasteiger partial charge in [0.05, 0.1) is 24.2 Å². The van der Waals surface area contributed by atoms with Gasteiger partial charge in [0.2, 0.25) is 0 Å². The number of carbonyl (C=O) groups excluding carboxylic acids is 2. The van der Waals surface area contributed by atoms with Crippen LogP contribution in [0.2, 0.25) is 0 Å². The predicted octanol–water partition coefficient (Wildman–Crippen LogP) is 8.03. The van der Waals surface area contributed by atoms with Crippen LogP contribution in [0.3, 0.4) is 0 Å². The van der Waals surface area contributed by atoms with Gasteiger partial charge in [0.15, 0.2) is 0 Å². The lowest BCUT2D eigenvalue weighted by Crippen LogP contribution is -2.36.